The van der Waals surface area contributed by atoms with Gasteiger partial charge in [-0.2, -0.15) is 0 Å². The van der Waals surface area contributed by atoms with Gasteiger partial charge < -0.3 is 15.0 Å². The van der Waals surface area contributed by atoms with Crippen LogP contribution in [0.25, 0.3) is 0 Å². The fourth-order valence-corrected chi connectivity index (χ4v) is 7.43. The lowest BCUT2D eigenvalue weighted by Gasteiger charge is -2.34. The fourth-order valence-electron chi connectivity index (χ4n) is 6.02. The van der Waals surface area contributed by atoms with Crippen LogP contribution in [-0.4, -0.2) is 50.9 Å². The summed E-state index contributed by atoms with van der Waals surface area (Å²) in [6.45, 7) is 3.47. The first kappa shape index (κ1) is 33.7. The summed E-state index contributed by atoms with van der Waals surface area (Å²) in [4.78, 5) is 30.5. The number of carbonyl (C=O) groups excluding carboxylic acids is 2. The van der Waals surface area contributed by atoms with Crippen LogP contribution in [0.2, 0.25) is 0 Å². The number of aryl methyl sites for hydroxylation is 2. The van der Waals surface area contributed by atoms with Crippen molar-refractivity contribution < 1.29 is 22.7 Å². The first-order valence-electron chi connectivity index (χ1n) is 16.1. The van der Waals surface area contributed by atoms with Crippen LogP contribution in [-0.2, 0) is 32.6 Å². The van der Waals surface area contributed by atoms with Gasteiger partial charge in [-0.05, 0) is 67.6 Å². The average molecular weight is 654 g/mol. The van der Waals surface area contributed by atoms with E-state index in [-0.39, 0.29) is 35.5 Å². The number of carbonyl (C=O) groups is 2. The van der Waals surface area contributed by atoms with E-state index >= 15 is 0 Å². The molecule has 9 heteroatoms. The summed E-state index contributed by atoms with van der Waals surface area (Å²) in [6, 6.07) is 29.7. The fraction of sp³-hybridized carbons (Fsp3) is 0.316. The number of nitrogens with one attached hydrogen (secondary N) is 1. The molecule has 0 aromatic heterocycles. The molecule has 1 atom stereocenters. The van der Waals surface area contributed by atoms with Crippen molar-refractivity contribution in [2.75, 3.05) is 18.0 Å². The Bertz CT molecular complexity index is 1770. The maximum absolute atomic E-state index is 14.7. The molecule has 4 aromatic rings. The van der Waals surface area contributed by atoms with Crippen molar-refractivity contribution in [3.8, 4) is 5.75 Å². The Kier molecular flexibility index (Phi) is 11.0. The number of nitrogens with zero attached hydrogens (tertiary/aromatic N) is 2. The zero-order chi connectivity index (χ0) is 33.4. The van der Waals surface area contributed by atoms with Crippen molar-refractivity contribution in [1.82, 2.24) is 10.2 Å². The molecule has 2 amide bonds. The van der Waals surface area contributed by atoms with Gasteiger partial charge in [0, 0.05) is 25.1 Å². The second-order valence-electron chi connectivity index (χ2n) is 12.2. The monoisotopic (exact) mass is 653 g/mol. The summed E-state index contributed by atoms with van der Waals surface area (Å²) < 4.78 is 35.1. The van der Waals surface area contributed by atoms with Gasteiger partial charge in [0.1, 0.15) is 18.3 Å². The lowest BCUT2D eigenvalue weighted by Crippen LogP contribution is -2.54. The molecule has 5 rings (SSSR count). The van der Waals surface area contributed by atoms with Crippen LogP contribution in [0.4, 0.5) is 5.69 Å². The Balaban J connectivity index is 1.58. The third-order valence-corrected chi connectivity index (χ3v) is 10.6. The second-order valence-corrected chi connectivity index (χ2v) is 14.0. The topological polar surface area (TPSA) is 96.0 Å². The van der Waals surface area contributed by atoms with Crippen molar-refractivity contribution in [2.45, 2.75) is 69.5 Å². The van der Waals surface area contributed by atoms with Crippen LogP contribution >= 0.6 is 0 Å². The molecular formula is C38H43N3O5S. The van der Waals surface area contributed by atoms with Crippen molar-refractivity contribution in [3.05, 3.63) is 125 Å². The molecule has 1 N–H and O–H groups in total. The lowest BCUT2D eigenvalue weighted by molar-refractivity contribution is -0.140. The summed E-state index contributed by atoms with van der Waals surface area (Å²) in [6.07, 6.45) is 4.17. The predicted octanol–water partition coefficient (Wildman–Crippen LogP) is 6.21. The molecule has 4 aromatic carbocycles. The molecule has 0 unspecified atom stereocenters. The molecule has 1 aliphatic rings. The summed E-state index contributed by atoms with van der Waals surface area (Å²) in [5, 5.41) is 3.22. The van der Waals surface area contributed by atoms with E-state index in [0.717, 1.165) is 52.2 Å². The highest BCUT2D eigenvalue weighted by atomic mass is 32.2. The number of methoxy groups -OCH3 is 1. The Morgan fingerprint density at radius 1 is 0.872 bits per heavy atom. The van der Waals surface area contributed by atoms with E-state index in [4.69, 9.17) is 4.74 Å². The largest absolute Gasteiger partial charge is 0.497 e. The maximum Gasteiger partial charge on any atom is 0.264 e. The van der Waals surface area contributed by atoms with Crippen LogP contribution in [0.3, 0.4) is 0 Å². The molecule has 0 bridgehead atoms. The number of sulfonamides is 1. The van der Waals surface area contributed by atoms with Crippen molar-refractivity contribution >= 4 is 27.5 Å². The van der Waals surface area contributed by atoms with Crippen LogP contribution < -0.4 is 14.4 Å². The summed E-state index contributed by atoms with van der Waals surface area (Å²) in [5.74, 6) is -0.278. The highest BCUT2D eigenvalue weighted by Gasteiger charge is 2.35. The average Bonchev–Trinajstić information content (AvgIpc) is 3.59. The van der Waals surface area contributed by atoms with E-state index in [0.29, 0.717) is 5.75 Å². The minimum absolute atomic E-state index is 0.0476. The van der Waals surface area contributed by atoms with E-state index in [1.807, 2.05) is 68.4 Å². The SMILES string of the molecule is COc1cccc(N(CC(=O)N(Cc2ccccc2C)[C@H](Cc2ccccc2)C(=O)NC2CCCC2)S(=O)(=O)c2ccc(C)cc2)c1. The predicted molar refractivity (Wildman–Crippen MR) is 185 cm³/mol. The third-order valence-electron chi connectivity index (χ3n) is 8.80. The Labute approximate surface area is 278 Å². The summed E-state index contributed by atoms with van der Waals surface area (Å²) >= 11 is 0. The van der Waals surface area contributed by atoms with E-state index in [9.17, 15) is 18.0 Å². The van der Waals surface area contributed by atoms with Crippen molar-refractivity contribution in [1.29, 1.82) is 0 Å². The van der Waals surface area contributed by atoms with E-state index in [1.165, 1.54) is 7.11 Å². The molecular weight excluding hydrogens is 611 g/mol. The standard InChI is InChI=1S/C38H43N3O5S/c1-28-20-22-35(23-21-28)47(44,45)41(33-18-11-19-34(25-33)46-3)27-37(42)40(26-31-15-8-7-12-29(31)2)36(24-30-13-5-4-6-14-30)38(43)39-32-16-9-10-17-32/h4-8,11-15,18-23,25,32,36H,9-10,16-17,24,26-27H2,1-3H3,(H,39,43)/t36-/m1/s1. The van der Waals surface area contributed by atoms with Gasteiger partial charge in [0.2, 0.25) is 11.8 Å². The minimum Gasteiger partial charge on any atom is -0.497 e. The Hall–Kier alpha value is -4.63. The van der Waals surface area contributed by atoms with Crippen LogP contribution in [0.15, 0.2) is 108 Å². The molecule has 0 radical (unpaired) electrons. The number of hydrogen-bond acceptors (Lipinski definition) is 5. The zero-order valence-electron chi connectivity index (χ0n) is 27.3. The van der Waals surface area contributed by atoms with Gasteiger partial charge in [-0.1, -0.05) is 91.2 Å². The van der Waals surface area contributed by atoms with Gasteiger partial charge >= 0.3 is 0 Å². The number of amides is 2. The normalized spacial score (nSPS) is 13.9. The molecule has 0 saturated heterocycles. The molecule has 0 heterocycles. The number of anilines is 1. The summed E-state index contributed by atoms with van der Waals surface area (Å²) in [5.41, 5.74) is 3.94. The molecule has 1 saturated carbocycles. The molecule has 8 nitrogen and oxygen atoms in total. The van der Waals surface area contributed by atoms with Crippen molar-refractivity contribution in [2.24, 2.45) is 0 Å². The molecule has 0 spiro atoms. The number of benzene rings is 4. The summed E-state index contributed by atoms with van der Waals surface area (Å²) in [7, 11) is -2.70. The smallest absolute Gasteiger partial charge is 0.264 e. The highest BCUT2D eigenvalue weighted by molar-refractivity contribution is 7.92. The highest BCUT2D eigenvalue weighted by Crippen LogP contribution is 2.28. The van der Waals surface area contributed by atoms with E-state index < -0.39 is 28.5 Å². The Morgan fingerprint density at radius 2 is 1.55 bits per heavy atom. The number of hydrogen-bond donors (Lipinski definition) is 1. The van der Waals surface area contributed by atoms with Gasteiger partial charge in [0.15, 0.2) is 0 Å². The molecule has 246 valence electrons. The number of ether oxygens (including phenoxy) is 1. The third kappa shape index (κ3) is 8.40. The quantitative estimate of drug-likeness (QED) is 0.185. The van der Waals surface area contributed by atoms with Gasteiger partial charge in [0.05, 0.1) is 17.7 Å². The zero-order valence-corrected chi connectivity index (χ0v) is 28.1. The molecule has 1 aliphatic carbocycles. The van der Waals surface area contributed by atoms with Crippen LogP contribution in [0, 0.1) is 13.8 Å². The second kappa shape index (κ2) is 15.3. The van der Waals surface area contributed by atoms with E-state index in [2.05, 4.69) is 5.32 Å². The van der Waals surface area contributed by atoms with Gasteiger partial charge in [-0.15, -0.1) is 0 Å². The first-order valence-corrected chi connectivity index (χ1v) is 17.5. The molecule has 0 aliphatic heterocycles. The Morgan fingerprint density at radius 3 is 2.23 bits per heavy atom. The molecule has 1 fully saturated rings. The lowest BCUT2D eigenvalue weighted by atomic mass is 10.0. The minimum atomic E-state index is -4.20. The van der Waals surface area contributed by atoms with Gasteiger partial charge in [-0.25, -0.2) is 8.42 Å². The molecule has 47 heavy (non-hydrogen) atoms. The van der Waals surface area contributed by atoms with Gasteiger partial charge in [-0.3, -0.25) is 13.9 Å². The number of rotatable bonds is 13. The first-order chi connectivity index (χ1) is 22.7. The van der Waals surface area contributed by atoms with Crippen LogP contribution in [0.1, 0.15) is 47.9 Å². The van der Waals surface area contributed by atoms with Crippen molar-refractivity contribution in [3.63, 3.8) is 0 Å². The van der Waals surface area contributed by atoms with E-state index in [1.54, 1.807) is 53.4 Å². The van der Waals surface area contributed by atoms with Crippen LogP contribution in [0.5, 0.6) is 5.75 Å². The maximum atomic E-state index is 14.7. The van der Waals surface area contributed by atoms with Gasteiger partial charge in [0.25, 0.3) is 10.0 Å².